The fourth-order valence-electron chi connectivity index (χ4n) is 1.17. The molecule has 7 heteroatoms. The molecule has 94 valence electrons. The molecule has 1 rings (SSSR count). The summed E-state index contributed by atoms with van der Waals surface area (Å²) in [4.78, 5) is 26.9. The average molecular weight is 323 g/mol. The van der Waals surface area contributed by atoms with Gasteiger partial charge in [-0.2, -0.15) is 0 Å². The molecule has 0 bridgehead atoms. The second-order valence-electron chi connectivity index (χ2n) is 3.49. The van der Waals surface area contributed by atoms with E-state index in [1.165, 1.54) is 10.9 Å². The number of nitrogens with one attached hydrogen (secondary N) is 1. The number of rotatable bonds is 5. The first-order valence-corrected chi connectivity index (χ1v) is 6.40. The molecule has 0 aromatic carbocycles. The summed E-state index contributed by atoms with van der Waals surface area (Å²) in [6, 6.07) is 0. The Hall–Kier alpha value is -0.880. The Morgan fingerprint density at radius 1 is 1.65 bits per heavy atom. The van der Waals surface area contributed by atoms with Crippen LogP contribution in [-0.4, -0.2) is 22.0 Å². The predicted molar refractivity (Wildman–Crippen MR) is 69.1 cm³/mol. The molecule has 0 fully saturated rings. The van der Waals surface area contributed by atoms with Gasteiger partial charge in [0.05, 0.1) is 6.33 Å². The molecule has 0 radical (unpaired) electrons. The van der Waals surface area contributed by atoms with Crippen molar-refractivity contribution in [3.63, 3.8) is 0 Å². The quantitative estimate of drug-likeness (QED) is 0.661. The first-order valence-electron chi connectivity index (χ1n) is 5.23. The van der Waals surface area contributed by atoms with Crippen LogP contribution in [0.3, 0.4) is 0 Å². The zero-order valence-electron chi connectivity index (χ0n) is 9.37. The number of unbranched alkanes of at least 4 members (excludes halogenated alkanes) is 1. The highest BCUT2D eigenvalue weighted by Crippen LogP contribution is 2.13. The van der Waals surface area contributed by atoms with Crippen molar-refractivity contribution >= 4 is 33.4 Å². The topological polar surface area (TPSA) is 64.0 Å². The van der Waals surface area contributed by atoms with Crippen LogP contribution in [0.4, 0.5) is 0 Å². The summed E-state index contributed by atoms with van der Waals surface area (Å²) in [7, 11) is 0. The zero-order chi connectivity index (χ0) is 12.8. The number of aromatic nitrogens is 2. The van der Waals surface area contributed by atoms with Gasteiger partial charge in [0.1, 0.15) is 11.0 Å². The van der Waals surface area contributed by atoms with E-state index in [-0.39, 0.29) is 27.6 Å². The Bertz CT molecular complexity index is 461. The van der Waals surface area contributed by atoms with Gasteiger partial charge in [-0.05, 0) is 22.4 Å². The lowest BCUT2D eigenvalue weighted by Gasteiger charge is -2.07. The molecular formula is C10H13BrClN3O2. The van der Waals surface area contributed by atoms with Gasteiger partial charge in [0, 0.05) is 6.54 Å². The molecule has 0 spiro atoms. The molecule has 1 N–H and O–H groups in total. The minimum absolute atomic E-state index is 0.0503. The first-order chi connectivity index (χ1) is 8.06. The van der Waals surface area contributed by atoms with Crippen LogP contribution in [0, 0.1) is 0 Å². The Labute approximate surface area is 112 Å². The molecule has 0 aliphatic rings. The maximum absolute atomic E-state index is 11.7. The van der Waals surface area contributed by atoms with Gasteiger partial charge in [0.25, 0.3) is 5.56 Å². The molecule has 0 saturated carbocycles. The van der Waals surface area contributed by atoms with Crippen molar-refractivity contribution in [2.45, 2.75) is 26.3 Å². The monoisotopic (exact) mass is 321 g/mol. The van der Waals surface area contributed by atoms with E-state index in [1.807, 2.05) is 6.92 Å². The standard InChI is InChI=1S/C10H13BrClN3O2/c1-2-3-4-13-7(16)5-15-6-14-9(12)8(11)10(15)17/h6H,2-5H2,1H3,(H,13,16). The summed E-state index contributed by atoms with van der Waals surface area (Å²) in [6.45, 7) is 2.61. The number of halogens is 2. The van der Waals surface area contributed by atoms with E-state index < -0.39 is 0 Å². The third-order valence-electron chi connectivity index (χ3n) is 2.11. The second kappa shape index (κ2) is 6.76. The van der Waals surface area contributed by atoms with Crippen LogP contribution in [0.25, 0.3) is 0 Å². The molecule has 0 aliphatic carbocycles. The van der Waals surface area contributed by atoms with E-state index in [4.69, 9.17) is 11.6 Å². The summed E-state index contributed by atoms with van der Waals surface area (Å²) in [5, 5.41) is 2.81. The molecular weight excluding hydrogens is 309 g/mol. The van der Waals surface area contributed by atoms with Gasteiger partial charge in [-0.1, -0.05) is 24.9 Å². The molecule has 0 aliphatic heterocycles. The summed E-state index contributed by atoms with van der Waals surface area (Å²) in [5.41, 5.74) is -0.365. The Morgan fingerprint density at radius 3 is 3.00 bits per heavy atom. The summed E-state index contributed by atoms with van der Waals surface area (Å²) in [6.07, 6.45) is 3.19. The minimum atomic E-state index is -0.365. The first kappa shape index (κ1) is 14.2. The van der Waals surface area contributed by atoms with Crippen LogP contribution in [0.15, 0.2) is 15.6 Å². The van der Waals surface area contributed by atoms with E-state index in [0.29, 0.717) is 6.54 Å². The molecule has 0 saturated heterocycles. The van der Waals surface area contributed by atoms with Crippen molar-refractivity contribution < 1.29 is 4.79 Å². The van der Waals surface area contributed by atoms with Gasteiger partial charge in [-0.15, -0.1) is 0 Å². The Kier molecular flexibility index (Phi) is 5.64. The van der Waals surface area contributed by atoms with E-state index in [2.05, 4.69) is 26.2 Å². The molecule has 5 nitrogen and oxygen atoms in total. The van der Waals surface area contributed by atoms with Gasteiger partial charge in [0.2, 0.25) is 5.91 Å². The van der Waals surface area contributed by atoms with Crippen LogP contribution >= 0.6 is 27.5 Å². The number of carbonyl (C=O) groups is 1. The normalized spacial score (nSPS) is 10.3. The van der Waals surface area contributed by atoms with Crippen molar-refractivity contribution in [3.8, 4) is 0 Å². The van der Waals surface area contributed by atoms with Crippen molar-refractivity contribution in [2.75, 3.05) is 6.54 Å². The average Bonchev–Trinajstić information content (AvgIpc) is 2.30. The van der Waals surface area contributed by atoms with Gasteiger partial charge in [-0.3, -0.25) is 14.2 Å². The maximum Gasteiger partial charge on any atom is 0.269 e. The summed E-state index contributed by atoms with van der Waals surface area (Å²) < 4.78 is 1.38. The maximum atomic E-state index is 11.7. The highest BCUT2D eigenvalue weighted by Gasteiger charge is 2.09. The molecule has 0 unspecified atom stereocenters. The van der Waals surface area contributed by atoms with E-state index in [0.717, 1.165) is 12.8 Å². The molecule has 17 heavy (non-hydrogen) atoms. The van der Waals surface area contributed by atoms with Crippen LogP contribution in [-0.2, 0) is 11.3 Å². The molecule has 1 heterocycles. The molecule has 0 atom stereocenters. The SMILES string of the molecule is CCCCNC(=O)Cn1cnc(Cl)c(Br)c1=O. The second-order valence-corrected chi connectivity index (χ2v) is 4.64. The van der Waals surface area contributed by atoms with Crippen LogP contribution in [0.5, 0.6) is 0 Å². The predicted octanol–water partition coefficient (Wildman–Crippen LogP) is 1.58. The van der Waals surface area contributed by atoms with Crippen LogP contribution in [0.1, 0.15) is 19.8 Å². The van der Waals surface area contributed by atoms with Crippen molar-refractivity contribution in [2.24, 2.45) is 0 Å². The summed E-state index contributed by atoms with van der Waals surface area (Å²) in [5.74, 6) is -0.212. The lowest BCUT2D eigenvalue weighted by Crippen LogP contribution is -2.33. The number of amides is 1. The van der Waals surface area contributed by atoms with Crippen molar-refractivity contribution in [1.29, 1.82) is 0 Å². The van der Waals surface area contributed by atoms with E-state index in [1.54, 1.807) is 0 Å². The Morgan fingerprint density at radius 2 is 2.35 bits per heavy atom. The number of nitrogens with zero attached hydrogens (tertiary/aromatic N) is 2. The van der Waals surface area contributed by atoms with Crippen LogP contribution < -0.4 is 10.9 Å². The fourth-order valence-corrected chi connectivity index (χ4v) is 1.63. The Balaban J connectivity index is 2.66. The van der Waals surface area contributed by atoms with Crippen LogP contribution in [0.2, 0.25) is 5.15 Å². The van der Waals surface area contributed by atoms with Gasteiger partial charge >= 0.3 is 0 Å². The highest BCUT2D eigenvalue weighted by atomic mass is 79.9. The van der Waals surface area contributed by atoms with Gasteiger partial charge in [-0.25, -0.2) is 4.98 Å². The number of hydrogen-bond donors (Lipinski definition) is 1. The fraction of sp³-hybridized carbons (Fsp3) is 0.500. The third kappa shape index (κ3) is 4.12. The molecule has 1 aromatic rings. The van der Waals surface area contributed by atoms with Crippen molar-refractivity contribution in [1.82, 2.24) is 14.9 Å². The highest BCUT2D eigenvalue weighted by molar-refractivity contribution is 9.10. The molecule has 1 aromatic heterocycles. The number of hydrogen-bond acceptors (Lipinski definition) is 3. The lowest BCUT2D eigenvalue weighted by atomic mass is 10.3. The van der Waals surface area contributed by atoms with Gasteiger partial charge in [0.15, 0.2) is 5.15 Å². The smallest absolute Gasteiger partial charge is 0.269 e. The lowest BCUT2D eigenvalue weighted by molar-refractivity contribution is -0.121. The van der Waals surface area contributed by atoms with Crippen molar-refractivity contribution in [3.05, 3.63) is 26.3 Å². The third-order valence-corrected chi connectivity index (χ3v) is 3.34. The summed E-state index contributed by atoms with van der Waals surface area (Å²) >= 11 is 8.68. The van der Waals surface area contributed by atoms with E-state index in [9.17, 15) is 9.59 Å². The van der Waals surface area contributed by atoms with Gasteiger partial charge < -0.3 is 5.32 Å². The largest absolute Gasteiger partial charge is 0.355 e. The molecule has 1 amide bonds. The number of carbonyl (C=O) groups excluding carboxylic acids is 1. The zero-order valence-corrected chi connectivity index (χ0v) is 11.7. The van der Waals surface area contributed by atoms with E-state index >= 15 is 0 Å². The minimum Gasteiger partial charge on any atom is -0.355 e.